The fourth-order valence-electron chi connectivity index (χ4n) is 2.57. The summed E-state index contributed by atoms with van der Waals surface area (Å²) in [5, 5.41) is 14.3. The van der Waals surface area contributed by atoms with E-state index in [1.807, 2.05) is 14.0 Å². The van der Waals surface area contributed by atoms with E-state index in [1.54, 1.807) is 18.2 Å². The van der Waals surface area contributed by atoms with E-state index < -0.39 is 20.4 Å². The van der Waals surface area contributed by atoms with Crippen molar-refractivity contribution < 1.29 is 18.1 Å². The van der Waals surface area contributed by atoms with E-state index in [0.29, 0.717) is 0 Å². The number of sulfone groups is 1. The average molecular weight is 378 g/mol. The highest BCUT2D eigenvalue weighted by molar-refractivity contribution is 7.91. The second-order valence-corrected chi connectivity index (χ2v) is 7.74. The van der Waals surface area contributed by atoms with Gasteiger partial charge in [0.2, 0.25) is 9.84 Å². The van der Waals surface area contributed by atoms with E-state index in [0.717, 1.165) is 19.4 Å². The first kappa shape index (κ1) is 19.9. The summed E-state index contributed by atoms with van der Waals surface area (Å²) in [6.07, 6.45) is 1.45. The summed E-state index contributed by atoms with van der Waals surface area (Å²) in [5.41, 5.74) is -0.454. The molecule has 0 saturated carbocycles. The maximum absolute atomic E-state index is 13.0. The number of rotatable bonds is 9. The van der Waals surface area contributed by atoms with Crippen LogP contribution < -0.4 is 10.1 Å². The van der Waals surface area contributed by atoms with Crippen molar-refractivity contribution in [2.75, 3.05) is 13.6 Å². The third kappa shape index (κ3) is 4.59. The van der Waals surface area contributed by atoms with Gasteiger partial charge in [0.1, 0.15) is 15.5 Å². The smallest absolute Gasteiger partial charge is 0.288 e. The van der Waals surface area contributed by atoms with Crippen LogP contribution in [-0.2, 0) is 9.84 Å². The van der Waals surface area contributed by atoms with Crippen LogP contribution in [0.2, 0.25) is 0 Å². The van der Waals surface area contributed by atoms with Crippen molar-refractivity contribution in [2.45, 2.75) is 35.7 Å². The molecule has 1 unspecified atom stereocenters. The molecule has 0 heterocycles. The Balaban J connectivity index is 2.38. The van der Waals surface area contributed by atoms with Crippen molar-refractivity contribution in [3.8, 4) is 5.75 Å². The van der Waals surface area contributed by atoms with Crippen LogP contribution in [0, 0.1) is 10.1 Å². The summed E-state index contributed by atoms with van der Waals surface area (Å²) in [4.78, 5) is 10.1. The molecule has 7 nitrogen and oxygen atoms in total. The van der Waals surface area contributed by atoms with Gasteiger partial charge in [-0.25, -0.2) is 8.42 Å². The first-order valence-corrected chi connectivity index (χ1v) is 9.75. The molecule has 0 spiro atoms. The summed E-state index contributed by atoms with van der Waals surface area (Å²) in [5.74, 6) is 0.197. The molecule has 1 N–H and O–H groups in total. The zero-order chi connectivity index (χ0) is 19.2. The number of benzene rings is 2. The number of nitrogens with one attached hydrogen (secondary N) is 1. The van der Waals surface area contributed by atoms with Gasteiger partial charge >= 0.3 is 0 Å². The molecule has 1 atom stereocenters. The standard InChI is InChI=1S/C18H22N2O5S/c1-14(8-7-13-19-2)25-16-10-4-6-12-18(16)26(23,24)17-11-5-3-9-15(17)20(21)22/h3-6,9-12,14,19H,7-8,13H2,1-2H3. The largest absolute Gasteiger partial charge is 0.489 e. The molecule has 0 amide bonds. The molecule has 0 bridgehead atoms. The van der Waals surface area contributed by atoms with Crippen molar-refractivity contribution in [1.29, 1.82) is 0 Å². The number of nitro benzene ring substituents is 1. The molecule has 0 aromatic heterocycles. The van der Waals surface area contributed by atoms with Crippen molar-refractivity contribution in [3.05, 3.63) is 58.6 Å². The predicted octanol–water partition coefficient (Wildman–Crippen LogP) is 3.19. The van der Waals surface area contributed by atoms with Gasteiger partial charge in [0.05, 0.1) is 11.0 Å². The van der Waals surface area contributed by atoms with Crippen molar-refractivity contribution in [1.82, 2.24) is 5.32 Å². The molecule has 26 heavy (non-hydrogen) atoms. The van der Waals surface area contributed by atoms with Crippen LogP contribution in [0.3, 0.4) is 0 Å². The Morgan fingerprint density at radius 2 is 1.73 bits per heavy atom. The molecule has 0 radical (unpaired) electrons. The number of hydrogen-bond donors (Lipinski definition) is 1. The highest BCUT2D eigenvalue weighted by Crippen LogP contribution is 2.34. The van der Waals surface area contributed by atoms with Gasteiger partial charge in [-0.05, 0) is 51.6 Å². The first-order valence-electron chi connectivity index (χ1n) is 8.26. The number of nitrogens with zero attached hydrogens (tertiary/aromatic N) is 1. The lowest BCUT2D eigenvalue weighted by atomic mass is 10.2. The molecule has 8 heteroatoms. The molecule has 2 aromatic carbocycles. The van der Waals surface area contributed by atoms with Crippen LogP contribution in [0.25, 0.3) is 0 Å². The minimum absolute atomic E-state index is 0.0743. The SMILES string of the molecule is CNCCCC(C)Oc1ccccc1S(=O)(=O)c1ccccc1[N+](=O)[O-]. The van der Waals surface area contributed by atoms with E-state index in [4.69, 9.17) is 4.74 Å². The Labute approximate surface area is 153 Å². The van der Waals surface area contributed by atoms with Crippen LogP contribution in [0.5, 0.6) is 5.75 Å². The van der Waals surface area contributed by atoms with Gasteiger partial charge in [-0.1, -0.05) is 24.3 Å². The number of nitro groups is 1. The molecule has 2 rings (SSSR count). The second kappa shape index (κ2) is 8.77. The zero-order valence-corrected chi connectivity index (χ0v) is 15.5. The minimum atomic E-state index is -4.10. The Kier molecular flexibility index (Phi) is 6.70. The zero-order valence-electron chi connectivity index (χ0n) is 14.7. The lowest BCUT2D eigenvalue weighted by Crippen LogP contribution is -2.17. The van der Waals surface area contributed by atoms with Crippen molar-refractivity contribution in [3.63, 3.8) is 0 Å². The molecule has 0 aliphatic heterocycles. The lowest BCUT2D eigenvalue weighted by Gasteiger charge is -2.17. The quantitative estimate of drug-likeness (QED) is 0.409. The number of ether oxygens (including phenoxy) is 1. The fourth-order valence-corrected chi connectivity index (χ4v) is 4.12. The average Bonchev–Trinajstić information content (AvgIpc) is 2.62. The number of hydrogen-bond acceptors (Lipinski definition) is 6. The van der Waals surface area contributed by atoms with Crippen LogP contribution >= 0.6 is 0 Å². The third-order valence-corrected chi connectivity index (χ3v) is 5.70. The second-order valence-electron chi connectivity index (χ2n) is 5.85. The Morgan fingerprint density at radius 1 is 1.12 bits per heavy atom. The highest BCUT2D eigenvalue weighted by atomic mass is 32.2. The van der Waals surface area contributed by atoms with Gasteiger partial charge in [0.25, 0.3) is 5.69 Å². The Bertz CT molecular complexity index is 867. The van der Waals surface area contributed by atoms with Crippen molar-refractivity contribution in [2.24, 2.45) is 0 Å². The molecular formula is C18H22N2O5S. The van der Waals surface area contributed by atoms with E-state index in [1.165, 1.54) is 30.3 Å². The van der Waals surface area contributed by atoms with E-state index in [9.17, 15) is 18.5 Å². The highest BCUT2D eigenvalue weighted by Gasteiger charge is 2.29. The van der Waals surface area contributed by atoms with Gasteiger partial charge in [0.15, 0.2) is 0 Å². The normalized spacial score (nSPS) is 12.5. The fraction of sp³-hybridized carbons (Fsp3) is 0.333. The van der Waals surface area contributed by atoms with Gasteiger partial charge in [-0.15, -0.1) is 0 Å². The molecule has 0 aliphatic rings. The molecule has 0 saturated heterocycles. The first-order chi connectivity index (χ1) is 12.4. The maximum Gasteiger partial charge on any atom is 0.288 e. The molecular weight excluding hydrogens is 356 g/mol. The van der Waals surface area contributed by atoms with Crippen molar-refractivity contribution >= 4 is 15.5 Å². The monoisotopic (exact) mass is 378 g/mol. The summed E-state index contributed by atoms with van der Waals surface area (Å²) in [6, 6.07) is 11.5. The Hall–Kier alpha value is -2.45. The summed E-state index contributed by atoms with van der Waals surface area (Å²) in [7, 11) is -2.23. The molecule has 2 aromatic rings. The van der Waals surface area contributed by atoms with Crippen LogP contribution in [-0.4, -0.2) is 33.0 Å². The van der Waals surface area contributed by atoms with Crippen LogP contribution in [0.15, 0.2) is 58.3 Å². The van der Waals surface area contributed by atoms with E-state index >= 15 is 0 Å². The van der Waals surface area contributed by atoms with Gasteiger partial charge in [0, 0.05) is 6.07 Å². The lowest BCUT2D eigenvalue weighted by molar-refractivity contribution is -0.387. The topological polar surface area (TPSA) is 98.5 Å². The van der Waals surface area contributed by atoms with Gasteiger partial charge in [-0.3, -0.25) is 10.1 Å². The van der Waals surface area contributed by atoms with Crippen LogP contribution in [0.4, 0.5) is 5.69 Å². The maximum atomic E-state index is 13.0. The molecule has 140 valence electrons. The van der Waals surface area contributed by atoms with E-state index in [-0.39, 0.29) is 21.6 Å². The predicted molar refractivity (Wildman–Crippen MR) is 98.2 cm³/mol. The van der Waals surface area contributed by atoms with E-state index in [2.05, 4.69) is 5.32 Å². The summed E-state index contributed by atoms with van der Waals surface area (Å²) >= 11 is 0. The Morgan fingerprint density at radius 3 is 2.38 bits per heavy atom. The molecule has 0 aliphatic carbocycles. The summed E-state index contributed by atoms with van der Waals surface area (Å²) < 4.78 is 31.9. The van der Waals surface area contributed by atoms with Gasteiger partial charge < -0.3 is 10.1 Å². The summed E-state index contributed by atoms with van der Waals surface area (Å²) in [6.45, 7) is 2.70. The van der Waals surface area contributed by atoms with Crippen LogP contribution in [0.1, 0.15) is 19.8 Å². The number of para-hydroxylation sites is 2. The third-order valence-electron chi connectivity index (χ3n) is 3.86. The minimum Gasteiger partial charge on any atom is -0.489 e. The molecule has 0 fully saturated rings. The van der Waals surface area contributed by atoms with Gasteiger partial charge in [-0.2, -0.15) is 0 Å².